The van der Waals surface area contributed by atoms with Crippen molar-refractivity contribution in [2.45, 2.75) is 0 Å². The van der Waals surface area contributed by atoms with Gasteiger partial charge in [-0.15, -0.1) is 0 Å². The van der Waals surface area contributed by atoms with Crippen LogP contribution in [0.3, 0.4) is 0 Å². The van der Waals surface area contributed by atoms with Crippen molar-refractivity contribution in [1.82, 2.24) is 4.98 Å². The number of H-pyrrole nitrogens is 1. The number of nitrogens with two attached hydrogens (primary N) is 1. The number of fused-ring (bicyclic) bond motifs is 1. The molecule has 1 amide bonds. The SMILES string of the molecule is NC(=O)c1ccc(-c2cc(F)c(F)cc2-c2c[nH]c(=O)c3ccc(O)cc23)cc1. The molecule has 7 heteroatoms. The first-order valence-electron chi connectivity index (χ1n) is 8.59. The number of halogens is 2. The van der Waals surface area contributed by atoms with Crippen LogP contribution in [0.15, 0.2) is 65.6 Å². The van der Waals surface area contributed by atoms with Crippen LogP contribution < -0.4 is 11.3 Å². The van der Waals surface area contributed by atoms with Crippen LogP contribution in [0.1, 0.15) is 10.4 Å². The van der Waals surface area contributed by atoms with E-state index < -0.39 is 17.5 Å². The van der Waals surface area contributed by atoms with Gasteiger partial charge in [-0.25, -0.2) is 8.78 Å². The maximum absolute atomic E-state index is 14.1. The first-order valence-corrected chi connectivity index (χ1v) is 8.59. The summed E-state index contributed by atoms with van der Waals surface area (Å²) >= 11 is 0. The van der Waals surface area contributed by atoms with Gasteiger partial charge in [-0.05, 0) is 59.2 Å². The van der Waals surface area contributed by atoms with Crippen molar-refractivity contribution in [1.29, 1.82) is 0 Å². The number of aromatic hydroxyl groups is 1. The molecule has 0 saturated carbocycles. The van der Waals surface area contributed by atoms with Crippen molar-refractivity contribution >= 4 is 16.7 Å². The van der Waals surface area contributed by atoms with Crippen LogP contribution in [-0.4, -0.2) is 16.0 Å². The molecule has 4 aromatic rings. The minimum atomic E-state index is -1.06. The van der Waals surface area contributed by atoms with E-state index in [0.29, 0.717) is 33.0 Å². The van der Waals surface area contributed by atoms with E-state index in [0.717, 1.165) is 12.1 Å². The Labute approximate surface area is 163 Å². The maximum atomic E-state index is 14.1. The number of amides is 1. The first kappa shape index (κ1) is 18.4. The number of benzene rings is 3. The van der Waals surface area contributed by atoms with E-state index in [4.69, 9.17) is 5.73 Å². The molecule has 0 saturated heterocycles. The number of hydrogen-bond donors (Lipinski definition) is 3. The van der Waals surface area contributed by atoms with Crippen LogP contribution in [0, 0.1) is 11.6 Å². The number of aromatic nitrogens is 1. The summed E-state index contributed by atoms with van der Waals surface area (Å²) in [6.07, 6.45) is 1.39. The third-order valence-corrected chi connectivity index (χ3v) is 4.72. The topological polar surface area (TPSA) is 96.2 Å². The summed E-state index contributed by atoms with van der Waals surface area (Å²) in [5.41, 5.74) is 6.73. The second-order valence-corrected chi connectivity index (χ2v) is 6.51. The van der Waals surface area contributed by atoms with Crippen molar-refractivity contribution in [3.63, 3.8) is 0 Å². The summed E-state index contributed by atoms with van der Waals surface area (Å²) in [6, 6.07) is 12.4. The largest absolute Gasteiger partial charge is 0.508 e. The predicted octanol–water partition coefficient (Wildman–Crippen LogP) is 3.94. The first-order chi connectivity index (χ1) is 13.8. The molecule has 29 heavy (non-hydrogen) atoms. The minimum Gasteiger partial charge on any atom is -0.508 e. The van der Waals surface area contributed by atoms with E-state index in [1.54, 1.807) is 12.1 Å². The molecule has 0 aliphatic heterocycles. The smallest absolute Gasteiger partial charge is 0.255 e. The Kier molecular flexibility index (Phi) is 4.35. The molecule has 0 atom stereocenters. The standard InChI is InChI=1S/C22H14F2N2O3/c23-19-8-15(11-1-3-12(4-2-11)21(25)28)17(9-20(19)24)18-10-26-22(29)14-6-5-13(27)7-16(14)18/h1-10,27H,(H2,25,28)(H,26,29). The highest BCUT2D eigenvalue weighted by Gasteiger charge is 2.17. The Hall–Kier alpha value is -4.00. The van der Waals surface area contributed by atoms with Crippen LogP contribution in [0.5, 0.6) is 5.75 Å². The summed E-state index contributed by atoms with van der Waals surface area (Å²) in [5, 5.41) is 10.5. The molecule has 0 fully saturated rings. The van der Waals surface area contributed by atoms with Crippen LogP contribution in [-0.2, 0) is 0 Å². The van der Waals surface area contributed by atoms with E-state index in [-0.39, 0.29) is 16.9 Å². The van der Waals surface area contributed by atoms with Gasteiger partial charge in [0.05, 0.1) is 0 Å². The summed E-state index contributed by atoms with van der Waals surface area (Å²) in [5.74, 6) is -2.78. The van der Waals surface area contributed by atoms with E-state index in [2.05, 4.69) is 4.98 Å². The number of primary amides is 1. The second kappa shape index (κ2) is 6.87. The molecule has 0 bridgehead atoms. The van der Waals surface area contributed by atoms with Crippen LogP contribution in [0.25, 0.3) is 33.0 Å². The number of hydrogen-bond acceptors (Lipinski definition) is 3. The molecular formula is C22H14F2N2O3. The number of aromatic amines is 1. The van der Waals surface area contributed by atoms with Gasteiger partial charge in [0.1, 0.15) is 5.75 Å². The third-order valence-electron chi connectivity index (χ3n) is 4.72. The zero-order chi connectivity index (χ0) is 20.7. The van der Waals surface area contributed by atoms with Crippen molar-refractivity contribution < 1.29 is 18.7 Å². The van der Waals surface area contributed by atoms with Crippen molar-refractivity contribution in [2.24, 2.45) is 5.73 Å². The monoisotopic (exact) mass is 392 g/mol. The summed E-state index contributed by atoms with van der Waals surface area (Å²) in [4.78, 5) is 26.0. The average Bonchev–Trinajstić information content (AvgIpc) is 2.70. The highest BCUT2D eigenvalue weighted by atomic mass is 19.2. The number of phenolic OH excluding ortho intramolecular Hbond substituents is 1. The van der Waals surface area contributed by atoms with Crippen molar-refractivity contribution in [3.8, 4) is 28.0 Å². The van der Waals surface area contributed by atoms with Crippen LogP contribution in [0.2, 0.25) is 0 Å². The summed E-state index contributed by atoms with van der Waals surface area (Å²) in [6.45, 7) is 0. The Balaban J connectivity index is 2.03. The lowest BCUT2D eigenvalue weighted by molar-refractivity contribution is 0.100. The molecule has 0 radical (unpaired) electrons. The Morgan fingerprint density at radius 3 is 2.17 bits per heavy atom. The number of carbonyl (C=O) groups is 1. The Morgan fingerprint density at radius 1 is 0.862 bits per heavy atom. The lowest BCUT2D eigenvalue weighted by Gasteiger charge is -2.14. The van der Waals surface area contributed by atoms with E-state index in [1.807, 2.05) is 0 Å². The van der Waals surface area contributed by atoms with E-state index in [9.17, 15) is 23.5 Å². The van der Waals surface area contributed by atoms with Gasteiger partial charge in [-0.3, -0.25) is 9.59 Å². The predicted molar refractivity (Wildman–Crippen MR) is 106 cm³/mol. The number of pyridine rings is 1. The fourth-order valence-corrected chi connectivity index (χ4v) is 3.29. The third kappa shape index (κ3) is 3.23. The van der Waals surface area contributed by atoms with Gasteiger partial charge >= 0.3 is 0 Å². The molecule has 5 nitrogen and oxygen atoms in total. The van der Waals surface area contributed by atoms with Crippen LogP contribution >= 0.6 is 0 Å². The lowest BCUT2D eigenvalue weighted by Crippen LogP contribution is -2.10. The molecule has 1 heterocycles. The van der Waals surface area contributed by atoms with Crippen LogP contribution in [0.4, 0.5) is 8.78 Å². The normalized spacial score (nSPS) is 11.0. The average molecular weight is 392 g/mol. The zero-order valence-electron chi connectivity index (χ0n) is 14.9. The number of rotatable bonds is 3. The highest BCUT2D eigenvalue weighted by Crippen LogP contribution is 2.37. The summed E-state index contributed by atoms with van der Waals surface area (Å²) < 4.78 is 28.2. The van der Waals surface area contributed by atoms with Gasteiger partial charge in [-0.2, -0.15) is 0 Å². The molecule has 0 unspecified atom stereocenters. The van der Waals surface area contributed by atoms with Gasteiger partial charge in [0.15, 0.2) is 11.6 Å². The zero-order valence-corrected chi connectivity index (χ0v) is 14.9. The van der Waals surface area contributed by atoms with E-state index >= 15 is 0 Å². The molecule has 0 aliphatic rings. The minimum absolute atomic E-state index is 0.0701. The van der Waals surface area contributed by atoms with Gasteiger partial charge in [0, 0.05) is 28.1 Å². The highest BCUT2D eigenvalue weighted by molar-refractivity contribution is 6.00. The molecule has 3 aromatic carbocycles. The maximum Gasteiger partial charge on any atom is 0.255 e. The lowest BCUT2D eigenvalue weighted by atomic mass is 9.92. The molecule has 4 rings (SSSR count). The molecule has 0 spiro atoms. The van der Waals surface area contributed by atoms with Gasteiger partial charge in [0.2, 0.25) is 5.91 Å². The Morgan fingerprint density at radius 2 is 1.52 bits per heavy atom. The number of phenols is 1. The fourth-order valence-electron chi connectivity index (χ4n) is 3.29. The molecule has 0 aliphatic carbocycles. The molecule has 1 aromatic heterocycles. The molecular weight excluding hydrogens is 378 g/mol. The number of nitrogens with one attached hydrogen (secondary N) is 1. The van der Waals surface area contributed by atoms with E-state index in [1.165, 1.54) is 36.5 Å². The van der Waals surface area contributed by atoms with Crippen molar-refractivity contribution in [2.75, 3.05) is 0 Å². The second-order valence-electron chi connectivity index (χ2n) is 6.51. The molecule has 144 valence electrons. The van der Waals surface area contributed by atoms with Gasteiger partial charge < -0.3 is 15.8 Å². The quantitative estimate of drug-likeness (QED) is 0.493. The number of carbonyl (C=O) groups excluding carboxylic acids is 1. The summed E-state index contributed by atoms with van der Waals surface area (Å²) in [7, 11) is 0. The van der Waals surface area contributed by atoms with Crippen molar-refractivity contribution in [3.05, 3.63) is 88.3 Å². The fraction of sp³-hybridized carbons (Fsp3) is 0. The van der Waals surface area contributed by atoms with Gasteiger partial charge in [0.25, 0.3) is 5.56 Å². The Bertz CT molecular complexity index is 1330. The molecule has 4 N–H and O–H groups in total. The van der Waals surface area contributed by atoms with Gasteiger partial charge in [-0.1, -0.05) is 12.1 Å².